The van der Waals surface area contributed by atoms with Crippen molar-refractivity contribution >= 4 is 23.0 Å². The van der Waals surface area contributed by atoms with Crippen LogP contribution >= 0.6 is 0 Å². The minimum Gasteiger partial charge on any atom is -0.493 e. The SMILES string of the molecule is CCOc1ccccc1Nc1ccc(NC(=O)COc2ccccc2OC)cc1. The molecule has 0 unspecified atom stereocenters. The van der Waals surface area contributed by atoms with Crippen LogP contribution in [0.15, 0.2) is 72.8 Å². The molecule has 0 aliphatic heterocycles. The largest absolute Gasteiger partial charge is 0.493 e. The Morgan fingerprint density at radius 3 is 2.10 bits per heavy atom. The third kappa shape index (κ3) is 5.65. The molecule has 3 rings (SSSR count). The van der Waals surface area contributed by atoms with Crippen LogP contribution in [0.5, 0.6) is 17.2 Å². The molecule has 2 N–H and O–H groups in total. The van der Waals surface area contributed by atoms with Crippen LogP contribution in [0.25, 0.3) is 0 Å². The molecule has 0 aromatic heterocycles. The number of rotatable bonds is 9. The average molecular weight is 392 g/mol. The molecule has 3 aromatic rings. The third-order valence-electron chi connectivity index (χ3n) is 4.06. The summed E-state index contributed by atoms with van der Waals surface area (Å²) in [5, 5.41) is 6.14. The van der Waals surface area contributed by atoms with Gasteiger partial charge in [0.05, 0.1) is 19.4 Å². The van der Waals surface area contributed by atoms with Gasteiger partial charge in [-0.15, -0.1) is 0 Å². The Labute approximate surface area is 170 Å². The van der Waals surface area contributed by atoms with Crippen LogP contribution in [-0.2, 0) is 4.79 Å². The molecule has 0 saturated carbocycles. The molecule has 150 valence electrons. The van der Waals surface area contributed by atoms with Gasteiger partial charge in [0.2, 0.25) is 0 Å². The summed E-state index contributed by atoms with van der Waals surface area (Å²) in [7, 11) is 1.56. The number of nitrogens with one attached hydrogen (secondary N) is 2. The van der Waals surface area contributed by atoms with E-state index in [0.29, 0.717) is 23.8 Å². The Bertz CT molecular complexity index is 942. The smallest absolute Gasteiger partial charge is 0.262 e. The summed E-state index contributed by atoms with van der Waals surface area (Å²) in [5.41, 5.74) is 2.46. The van der Waals surface area contributed by atoms with Crippen molar-refractivity contribution in [1.82, 2.24) is 0 Å². The van der Waals surface area contributed by atoms with E-state index in [1.807, 2.05) is 67.6 Å². The Hall–Kier alpha value is -3.67. The molecule has 0 aliphatic carbocycles. The van der Waals surface area contributed by atoms with Crippen molar-refractivity contribution in [3.63, 3.8) is 0 Å². The monoisotopic (exact) mass is 392 g/mol. The zero-order chi connectivity index (χ0) is 20.5. The molecule has 0 saturated heterocycles. The van der Waals surface area contributed by atoms with Crippen LogP contribution in [0.4, 0.5) is 17.1 Å². The highest BCUT2D eigenvalue weighted by Gasteiger charge is 2.08. The van der Waals surface area contributed by atoms with E-state index in [0.717, 1.165) is 17.1 Å². The first-order valence-electron chi connectivity index (χ1n) is 9.34. The number of methoxy groups -OCH3 is 1. The van der Waals surface area contributed by atoms with E-state index in [-0.39, 0.29) is 12.5 Å². The summed E-state index contributed by atoms with van der Waals surface area (Å²) in [5.74, 6) is 1.65. The van der Waals surface area contributed by atoms with Gasteiger partial charge in [0.25, 0.3) is 5.91 Å². The topological polar surface area (TPSA) is 68.8 Å². The lowest BCUT2D eigenvalue weighted by atomic mass is 10.2. The molecule has 0 fully saturated rings. The molecule has 0 heterocycles. The minimum atomic E-state index is -0.252. The number of ether oxygens (including phenoxy) is 3. The molecular formula is C23H24N2O4. The molecule has 3 aromatic carbocycles. The summed E-state index contributed by atoms with van der Waals surface area (Å²) in [6.45, 7) is 2.44. The summed E-state index contributed by atoms with van der Waals surface area (Å²) in [6, 6.07) is 22.4. The van der Waals surface area contributed by atoms with Gasteiger partial charge in [-0.25, -0.2) is 0 Å². The highest BCUT2D eigenvalue weighted by molar-refractivity contribution is 5.92. The van der Waals surface area contributed by atoms with Gasteiger partial charge in [0.15, 0.2) is 18.1 Å². The van der Waals surface area contributed by atoms with Crippen molar-refractivity contribution < 1.29 is 19.0 Å². The summed E-state index contributed by atoms with van der Waals surface area (Å²) in [4.78, 5) is 12.2. The van der Waals surface area contributed by atoms with Crippen molar-refractivity contribution in [3.8, 4) is 17.2 Å². The quantitative estimate of drug-likeness (QED) is 0.545. The lowest BCUT2D eigenvalue weighted by Crippen LogP contribution is -2.20. The number of carbonyl (C=O) groups is 1. The zero-order valence-corrected chi connectivity index (χ0v) is 16.5. The predicted molar refractivity (Wildman–Crippen MR) is 114 cm³/mol. The van der Waals surface area contributed by atoms with E-state index in [1.54, 1.807) is 19.2 Å². The fraction of sp³-hybridized carbons (Fsp3) is 0.174. The van der Waals surface area contributed by atoms with Crippen molar-refractivity contribution in [3.05, 3.63) is 72.8 Å². The van der Waals surface area contributed by atoms with Gasteiger partial charge in [-0.2, -0.15) is 0 Å². The first-order chi connectivity index (χ1) is 14.2. The number of carbonyl (C=O) groups excluding carboxylic acids is 1. The van der Waals surface area contributed by atoms with Gasteiger partial charge in [0.1, 0.15) is 5.75 Å². The lowest BCUT2D eigenvalue weighted by Gasteiger charge is -2.13. The molecule has 0 spiro atoms. The van der Waals surface area contributed by atoms with E-state index in [9.17, 15) is 4.79 Å². The number of para-hydroxylation sites is 4. The first kappa shape index (κ1) is 20.1. The van der Waals surface area contributed by atoms with Crippen LogP contribution in [0.2, 0.25) is 0 Å². The second-order valence-electron chi connectivity index (χ2n) is 6.12. The normalized spacial score (nSPS) is 10.1. The minimum absolute atomic E-state index is 0.109. The van der Waals surface area contributed by atoms with E-state index < -0.39 is 0 Å². The average Bonchev–Trinajstić information content (AvgIpc) is 2.75. The maximum atomic E-state index is 12.2. The van der Waals surface area contributed by atoms with Gasteiger partial charge >= 0.3 is 0 Å². The van der Waals surface area contributed by atoms with E-state index in [2.05, 4.69) is 10.6 Å². The number of hydrogen-bond acceptors (Lipinski definition) is 5. The van der Waals surface area contributed by atoms with Gasteiger partial charge in [-0.1, -0.05) is 24.3 Å². The van der Waals surface area contributed by atoms with Crippen LogP contribution in [0.3, 0.4) is 0 Å². The maximum Gasteiger partial charge on any atom is 0.262 e. The van der Waals surface area contributed by atoms with E-state index >= 15 is 0 Å². The van der Waals surface area contributed by atoms with Crippen LogP contribution in [-0.4, -0.2) is 26.2 Å². The standard InChI is InChI=1S/C23H24N2O4/c1-3-28-20-9-5-4-8-19(20)24-17-12-14-18(15-13-17)25-23(26)16-29-22-11-7-6-10-21(22)27-2/h4-15,24H,3,16H2,1-2H3,(H,25,26). The van der Waals surface area contributed by atoms with E-state index in [1.165, 1.54) is 0 Å². The molecule has 0 aliphatic rings. The molecule has 6 nitrogen and oxygen atoms in total. The number of anilines is 3. The number of hydrogen-bond donors (Lipinski definition) is 2. The molecule has 29 heavy (non-hydrogen) atoms. The second kappa shape index (κ2) is 10.0. The third-order valence-corrected chi connectivity index (χ3v) is 4.06. The molecule has 0 radical (unpaired) electrons. The van der Waals surface area contributed by atoms with Crippen LogP contribution < -0.4 is 24.8 Å². The summed E-state index contributed by atoms with van der Waals surface area (Å²) < 4.78 is 16.4. The molecule has 6 heteroatoms. The Kier molecular flexibility index (Phi) is 6.95. The zero-order valence-electron chi connectivity index (χ0n) is 16.5. The highest BCUT2D eigenvalue weighted by Crippen LogP contribution is 2.28. The van der Waals surface area contributed by atoms with Gasteiger partial charge < -0.3 is 24.8 Å². The van der Waals surface area contributed by atoms with E-state index in [4.69, 9.17) is 14.2 Å². The van der Waals surface area contributed by atoms with Crippen molar-refractivity contribution in [1.29, 1.82) is 0 Å². The Morgan fingerprint density at radius 2 is 1.41 bits per heavy atom. The lowest BCUT2D eigenvalue weighted by molar-refractivity contribution is -0.118. The van der Waals surface area contributed by atoms with Crippen molar-refractivity contribution in [2.75, 3.05) is 31.0 Å². The van der Waals surface area contributed by atoms with Crippen LogP contribution in [0.1, 0.15) is 6.92 Å². The summed E-state index contributed by atoms with van der Waals surface area (Å²) >= 11 is 0. The van der Waals surface area contributed by atoms with Gasteiger partial charge in [-0.3, -0.25) is 4.79 Å². The van der Waals surface area contributed by atoms with Gasteiger partial charge in [-0.05, 0) is 55.5 Å². The predicted octanol–water partition coefficient (Wildman–Crippen LogP) is 4.86. The Morgan fingerprint density at radius 1 is 0.793 bits per heavy atom. The Balaban J connectivity index is 1.56. The second-order valence-corrected chi connectivity index (χ2v) is 6.12. The fourth-order valence-corrected chi connectivity index (χ4v) is 2.72. The summed E-state index contributed by atoms with van der Waals surface area (Å²) in [6.07, 6.45) is 0. The molecule has 0 atom stereocenters. The molecular weight excluding hydrogens is 368 g/mol. The fourth-order valence-electron chi connectivity index (χ4n) is 2.72. The maximum absolute atomic E-state index is 12.2. The number of benzene rings is 3. The van der Waals surface area contributed by atoms with Crippen LogP contribution in [0, 0.1) is 0 Å². The highest BCUT2D eigenvalue weighted by atomic mass is 16.5. The number of amides is 1. The first-order valence-corrected chi connectivity index (χ1v) is 9.34. The van der Waals surface area contributed by atoms with Crippen molar-refractivity contribution in [2.24, 2.45) is 0 Å². The van der Waals surface area contributed by atoms with Gasteiger partial charge in [0, 0.05) is 11.4 Å². The molecule has 0 bridgehead atoms. The molecule has 1 amide bonds. The van der Waals surface area contributed by atoms with Crippen molar-refractivity contribution in [2.45, 2.75) is 6.92 Å².